The van der Waals surface area contributed by atoms with E-state index in [1.54, 1.807) is 12.1 Å². The van der Waals surface area contributed by atoms with Crippen LogP contribution in [0.25, 0.3) is 0 Å². The summed E-state index contributed by atoms with van der Waals surface area (Å²) in [5.74, 6) is 0.360. The molecule has 3 fully saturated rings. The summed E-state index contributed by atoms with van der Waals surface area (Å²) in [4.78, 5) is 29.6. The molecule has 0 aromatic heterocycles. The van der Waals surface area contributed by atoms with Crippen molar-refractivity contribution in [3.8, 4) is 0 Å². The summed E-state index contributed by atoms with van der Waals surface area (Å²) in [7, 11) is 0. The number of nitrogens with one attached hydrogen (secondary N) is 2. The van der Waals surface area contributed by atoms with Gasteiger partial charge in [0.1, 0.15) is 5.82 Å². The predicted octanol–water partition coefficient (Wildman–Crippen LogP) is 1.69. The quantitative estimate of drug-likeness (QED) is 0.824. The number of nitrogens with zero attached hydrogens (tertiary/aromatic N) is 2. The summed E-state index contributed by atoms with van der Waals surface area (Å²) in [6, 6.07) is 5.77. The van der Waals surface area contributed by atoms with E-state index in [0.717, 1.165) is 32.4 Å². The molecule has 0 spiro atoms. The SMILES string of the molecule is O=C(CN1CCN(C(=O)[C@@]23CCCC[C@H]2CNC3)CC1)Nc1ccc(F)cc1. The van der Waals surface area contributed by atoms with Crippen molar-refractivity contribution in [2.24, 2.45) is 11.3 Å². The highest BCUT2D eigenvalue weighted by atomic mass is 19.1. The van der Waals surface area contributed by atoms with E-state index in [0.29, 0.717) is 43.7 Å². The highest BCUT2D eigenvalue weighted by molar-refractivity contribution is 5.92. The summed E-state index contributed by atoms with van der Waals surface area (Å²) in [5.41, 5.74) is 0.400. The van der Waals surface area contributed by atoms with Crippen molar-refractivity contribution in [1.82, 2.24) is 15.1 Å². The van der Waals surface area contributed by atoms with E-state index in [4.69, 9.17) is 0 Å². The second kappa shape index (κ2) is 8.17. The zero-order valence-corrected chi connectivity index (χ0v) is 16.3. The molecule has 0 unspecified atom stereocenters. The summed E-state index contributed by atoms with van der Waals surface area (Å²) >= 11 is 0. The average Bonchev–Trinajstić information content (AvgIpc) is 3.15. The number of carbonyl (C=O) groups is 2. The molecule has 2 atom stereocenters. The number of amides is 2. The zero-order chi connectivity index (χ0) is 19.6. The molecular weight excluding hydrogens is 359 g/mol. The molecule has 1 aromatic carbocycles. The largest absolute Gasteiger partial charge is 0.340 e. The van der Waals surface area contributed by atoms with Crippen molar-refractivity contribution in [3.05, 3.63) is 30.1 Å². The molecule has 28 heavy (non-hydrogen) atoms. The Labute approximate surface area is 165 Å². The molecule has 152 valence electrons. The van der Waals surface area contributed by atoms with Gasteiger partial charge in [0, 0.05) is 38.4 Å². The number of rotatable bonds is 4. The van der Waals surface area contributed by atoms with Crippen LogP contribution in [0.1, 0.15) is 25.7 Å². The molecule has 1 aliphatic carbocycles. The Balaban J connectivity index is 1.28. The number of carbonyl (C=O) groups excluding carboxylic acids is 2. The van der Waals surface area contributed by atoms with Gasteiger partial charge < -0.3 is 15.5 Å². The number of halogens is 1. The van der Waals surface area contributed by atoms with Crippen LogP contribution in [-0.4, -0.2) is 67.4 Å². The monoisotopic (exact) mass is 388 g/mol. The number of hydrogen-bond donors (Lipinski definition) is 2. The van der Waals surface area contributed by atoms with Crippen molar-refractivity contribution >= 4 is 17.5 Å². The number of benzene rings is 1. The zero-order valence-electron chi connectivity index (χ0n) is 16.3. The molecule has 2 amide bonds. The minimum absolute atomic E-state index is 0.114. The van der Waals surface area contributed by atoms with Gasteiger partial charge in [-0.25, -0.2) is 4.39 Å². The maximum absolute atomic E-state index is 13.3. The third-order valence-corrected chi connectivity index (χ3v) is 6.62. The molecule has 4 rings (SSSR count). The average molecular weight is 388 g/mol. The minimum atomic E-state index is -0.323. The van der Waals surface area contributed by atoms with Gasteiger partial charge in [-0.05, 0) is 49.6 Å². The van der Waals surface area contributed by atoms with Crippen LogP contribution in [-0.2, 0) is 9.59 Å². The molecule has 3 aliphatic rings. The van der Waals surface area contributed by atoms with Crippen LogP contribution in [0.3, 0.4) is 0 Å². The minimum Gasteiger partial charge on any atom is -0.340 e. The normalized spacial score (nSPS) is 28.0. The number of piperazine rings is 1. The summed E-state index contributed by atoms with van der Waals surface area (Å²) in [5, 5.41) is 6.25. The molecule has 7 heteroatoms. The Kier molecular flexibility index (Phi) is 5.64. The van der Waals surface area contributed by atoms with Crippen molar-refractivity contribution in [3.63, 3.8) is 0 Å². The van der Waals surface area contributed by atoms with E-state index in [2.05, 4.69) is 15.5 Å². The lowest BCUT2D eigenvalue weighted by atomic mass is 9.67. The first-order valence-electron chi connectivity index (χ1n) is 10.3. The van der Waals surface area contributed by atoms with Crippen LogP contribution in [0, 0.1) is 17.2 Å². The lowest BCUT2D eigenvalue weighted by Crippen LogP contribution is -2.56. The first-order valence-corrected chi connectivity index (χ1v) is 10.3. The molecule has 2 saturated heterocycles. The fraction of sp³-hybridized carbons (Fsp3) is 0.619. The van der Waals surface area contributed by atoms with Crippen LogP contribution in [0.15, 0.2) is 24.3 Å². The molecular formula is C21H29FN4O2. The second-order valence-electron chi connectivity index (χ2n) is 8.35. The third-order valence-electron chi connectivity index (χ3n) is 6.62. The van der Waals surface area contributed by atoms with Gasteiger partial charge in [0.25, 0.3) is 0 Å². The van der Waals surface area contributed by atoms with Gasteiger partial charge in [-0.1, -0.05) is 12.8 Å². The Morgan fingerprint density at radius 2 is 1.89 bits per heavy atom. The van der Waals surface area contributed by atoms with Crippen LogP contribution in [0.2, 0.25) is 0 Å². The van der Waals surface area contributed by atoms with Crippen LogP contribution in [0.4, 0.5) is 10.1 Å². The van der Waals surface area contributed by atoms with Gasteiger partial charge in [-0.2, -0.15) is 0 Å². The first-order chi connectivity index (χ1) is 13.6. The second-order valence-corrected chi connectivity index (χ2v) is 8.35. The highest BCUT2D eigenvalue weighted by Gasteiger charge is 2.51. The Morgan fingerprint density at radius 3 is 2.64 bits per heavy atom. The molecule has 1 saturated carbocycles. The van der Waals surface area contributed by atoms with Crippen LogP contribution >= 0.6 is 0 Å². The fourth-order valence-corrected chi connectivity index (χ4v) is 5.03. The van der Waals surface area contributed by atoms with Crippen LogP contribution < -0.4 is 10.6 Å². The van der Waals surface area contributed by atoms with Crippen molar-refractivity contribution in [2.45, 2.75) is 25.7 Å². The molecule has 1 aromatic rings. The lowest BCUT2D eigenvalue weighted by molar-refractivity contribution is -0.147. The van der Waals surface area contributed by atoms with Crippen LogP contribution in [0.5, 0.6) is 0 Å². The summed E-state index contributed by atoms with van der Waals surface area (Å²) < 4.78 is 13.0. The van der Waals surface area contributed by atoms with Gasteiger partial charge in [0.05, 0.1) is 12.0 Å². The Bertz CT molecular complexity index is 718. The summed E-state index contributed by atoms with van der Waals surface area (Å²) in [6.45, 7) is 4.84. The maximum atomic E-state index is 13.3. The smallest absolute Gasteiger partial charge is 0.238 e. The highest BCUT2D eigenvalue weighted by Crippen LogP contribution is 2.45. The predicted molar refractivity (Wildman–Crippen MR) is 105 cm³/mol. The lowest BCUT2D eigenvalue weighted by Gasteiger charge is -2.43. The maximum Gasteiger partial charge on any atom is 0.238 e. The molecule has 2 aliphatic heterocycles. The van der Waals surface area contributed by atoms with Crippen molar-refractivity contribution in [2.75, 3.05) is 51.1 Å². The van der Waals surface area contributed by atoms with E-state index in [9.17, 15) is 14.0 Å². The molecule has 6 nitrogen and oxygen atoms in total. The molecule has 0 bridgehead atoms. The molecule has 2 heterocycles. The van der Waals surface area contributed by atoms with Gasteiger partial charge in [-0.3, -0.25) is 14.5 Å². The number of anilines is 1. The number of fused-ring (bicyclic) bond motifs is 1. The third kappa shape index (κ3) is 3.91. The topological polar surface area (TPSA) is 64.7 Å². The van der Waals surface area contributed by atoms with E-state index < -0.39 is 0 Å². The van der Waals surface area contributed by atoms with Crippen molar-refractivity contribution < 1.29 is 14.0 Å². The van der Waals surface area contributed by atoms with Gasteiger partial charge in [0.2, 0.25) is 11.8 Å². The number of hydrogen-bond acceptors (Lipinski definition) is 4. The van der Waals surface area contributed by atoms with Gasteiger partial charge in [0.15, 0.2) is 0 Å². The van der Waals surface area contributed by atoms with E-state index in [1.807, 2.05) is 4.90 Å². The Hall–Kier alpha value is -1.99. The van der Waals surface area contributed by atoms with Gasteiger partial charge >= 0.3 is 0 Å². The Morgan fingerprint density at radius 1 is 1.14 bits per heavy atom. The summed E-state index contributed by atoms with van der Waals surface area (Å²) in [6.07, 6.45) is 4.54. The fourth-order valence-electron chi connectivity index (χ4n) is 5.03. The van der Waals surface area contributed by atoms with E-state index in [1.165, 1.54) is 18.6 Å². The standard InChI is InChI=1S/C21H29FN4O2/c22-17-4-6-18(7-5-17)24-19(27)14-25-9-11-26(12-10-25)20(28)21-8-2-1-3-16(21)13-23-15-21/h4-7,16,23H,1-3,8-15H2,(H,24,27)/t16-,21+/m0/s1. The molecule has 2 N–H and O–H groups in total. The van der Waals surface area contributed by atoms with E-state index >= 15 is 0 Å². The molecule has 0 radical (unpaired) electrons. The first kappa shape index (κ1) is 19.3. The van der Waals surface area contributed by atoms with E-state index in [-0.39, 0.29) is 23.7 Å². The van der Waals surface area contributed by atoms with Crippen molar-refractivity contribution in [1.29, 1.82) is 0 Å². The van der Waals surface area contributed by atoms with Gasteiger partial charge in [-0.15, -0.1) is 0 Å².